The number of unbranched alkanes of at least 4 members (excludes halogenated alkanes) is 1. The summed E-state index contributed by atoms with van der Waals surface area (Å²) in [6.45, 7) is 3.49. The highest BCUT2D eigenvalue weighted by Crippen LogP contribution is 2.25. The quantitative estimate of drug-likeness (QED) is 0.812. The third kappa shape index (κ3) is 2.71. The summed E-state index contributed by atoms with van der Waals surface area (Å²) in [5.74, 6) is 0.924. The van der Waals surface area contributed by atoms with Crippen molar-refractivity contribution in [3.05, 3.63) is 23.2 Å². The third-order valence-electron chi connectivity index (χ3n) is 2.33. The van der Waals surface area contributed by atoms with E-state index in [-0.39, 0.29) is 0 Å². The van der Waals surface area contributed by atoms with Crippen molar-refractivity contribution < 1.29 is 4.74 Å². The van der Waals surface area contributed by atoms with Crippen molar-refractivity contribution in [1.82, 2.24) is 4.98 Å². The molecule has 3 nitrogen and oxygen atoms in total. The standard InChI is InChI=1S/C12H16N2OS/c1-9-14-11-5-4-10(8-12(11)16-9)15-7-3-2-6-13/h4-5,8H,2-3,6-7,13H2,1H3. The van der Waals surface area contributed by atoms with E-state index in [1.165, 1.54) is 4.70 Å². The molecule has 0 aliphatic heterocycles. The normalized spacial score (nSPS) is 10.9. The predicted octanol–water partition coefficient (Wildman–Crippen LogP) is 2.72. The molecule has 2 N–H and O–H groups in total. The van der Waals surface area contributed by atoms with E-state index in [2.05, 4.69) is 11.1 Å². The first-order chi connectivity index (χ1) is 7.79. The third-order valence-corrected chi connectivity index (χ3v) is 3.27. The smallest absolute Gasteiger partial charge is 0.120 e. The maximum absolute atomic E-state index is 5.65. The monoisotopic (exact) mass is 236 g/mol. The van der Waals surface area contributed by atoms with E-state index in [0.29, 0.717) is 0 Å². The molecule has 0 spiro atoms. The molecule has 1 aromatic heterocycles. The van der Waals surface area contributed by atoms with Crippen LogP contribution in [-0.4, -0.2) is 18.1 Å². The van der Waals surface area contributed by atoms with Crippen LogP contribution in [0.2, 0.25) is 0 Å². The molecule has 0 unspecified atom stereocenters. The minimum atomic E-state index is 0.733. The topological polar surface area (TPSA) is 48.1 Å². The van der Waals surface area contributed by atoms with Crippen LogP contribution in [0.3, 0.4) is 0 Å². The van der Waals surface area contributed by atoms with Gasteiger partial charge in [-0.25, -0.2) is 4.98 Å². The van der Waals surface area contributed by atoms with E-state index in [1.807, 2.05) is 19.1 Å². The van der Waals surface area contributed by atoms with E-state index in [0.717, 1.165) is 42.3 Å². The summed E-state index contributed by atoms with van der Waals surface area (Å²) >= 11 is 1.70. The van der Waals surface area contributed by atoms with E-state index in [4.69, 9.17) is 10.5 Å². The molecular formula is C12H16N2OS. The summed E-state index contributed by atoms with van der Waals surface area (Å²) in [5.41, 5.74) is 6.48. The first kappa shape index (κ1) is 11.4. The van der Waals surface area contributed by atoms with Gasteiger partial charge in [-0.05, 0) is 44.5 Å². The maximum Gasteiger partial charge on any atom is 0.120 e. The van der Waals surface area contributed by atoms with Gasteiger partial charge in [-0.3, -0.25) is 0 Å². The Bertz CT molecular complexity index is 467. The van der Waals surface area contributed by atoms with Gasteiger partial charge in [-0.2, -0.15) is 0 Å². The molecule has 1 heterocycles. The first-order valence-electron chi connectivity index (χ1n) is 5.49. The van der Waals surface area contributed by atoms with Crippen LogP contribution in [0.25, 0.3) is 10.2 Å². The highest BCUT2D eigenvalue weighted by molar-refractivity contribution is 7.18. The fourth-order valence-corrected chi connectivity index (χ4v) is 2.40. The number of hydrogen-bond donors (Lipinski definition) is 1. The summed E-state index contributed by atoms with van der Waals surface area (Å²) in [6, 6.07) is 6.05. The van der Waals surface area contributed by atoms with Crippen LogP contribution < -0.4 is 10.5 Å². The molecule has 0 atom stereocenters. The molecule has 0 aliphatic rings. The van der Waals surface area contributed by atoms with Gasteiger partial charge in [0.05, 0.1) is 21.8 Å². The lowest BCUT2D eigenvalue weighted by Gasteiger charge is -2.04. The Morgan fingerprint density at radius 3 is 3.06 bits per heavy atom. The maximum atomic E-state index is 5.65. The van der Waals surface area contributed by atoms with Crippen LogP contribution >= 0.6 is 11.3 Å². The second-order valence-corrected chi connectivity index (χ2v) is 4.94. The Morgan fingerprint density at radius 1 is 1.38 bits per heavy atom. The van der Waals surface area contributed by atoms with Crippen LogP contribution in [0, 0.1) is 6.92 Å². The van der Waals surface area contributed by atoms with E-state index >= 15 is 0 Å². The first-order valence-corrected chi connectivity index (χ1v) is 6.31. The van der Waals surface area contributed by atoms with E-state index in [9.17, 15) is 0 Å². The van der Waals surface area contributed by atoms with Crippen molar-refractivity contribution >= 4 is 21.6 Å². The van der Waals surface area contributed by atoms with Gasteiger partial charge in [0.1, 0.15) is 5.75 Å². The molecular weight excluding hydrogens is 220 g/mol. The second kappa shape index (κ2) is 5.27. The average molecular weight is 236 g/mol. The summed E-state index contributed by atoms with van der Waals surface area (Å²) in [4.78, 5) is 4.41. The van der Waals surface area contributed by atoms with Crippen LogP contribution in [0.1, 0.15) is 17.8 Å². The zero-order chi connectivity index (χ0) is 11.4. The lowest BCUT2D eigenvalue weighted by molar-refractivity contribution is 0.308. The Labute approximate surface area is 99.3 Å². The lowest BCUT2D eigenvalue weighted by Crippen LogP contribution is -2.03. The van der Waals surface area contributed by atoms with Gasteiger partial charge in [-0.1, -0.05) is 0 Å². The lowest BCUT2D eigenvalue weighted by atomic mass is 10.3. The Hall–Kier alpha value is -1.13. The molecule has 16 heavy (non-hydrogen) atoms. The molecule has 2 aromatic rings. The molecule has 0 bridgehead atoms. The van der Waals surface area contributed by atoms with Crippen molar-refractivity contribution in [2.75, 3.05) is 13.2 Å². The molecule has 0 aliphatic carbocycles. The van der Waals surface area contributed by atoms with Crippen molar-refractivity contribution in [2.45, 2.75) is 19.8 Å². The van der Waals surface area contributed by atoms with Gasteiger partial charge in [-0.15, -0.1) is 11.3 Å². The molecule has 2 rings (SSSR count). The largest absolute Gasteiger partial charge is 0.494 e. The molecule has 86 valence electrons. The average Bonchev–Trinajstić information content (AvgIpc) is 2.64. The molecule has 0 saturated heterocycles. The highest BCUT2D eigenvalue weighted by Gasteiger charge is 2.01. The second-order valence-electron chi connectivity index (χ2n) is 3.71. The number of nitrogens with zero attached hydrogens (tertiary/aromatic N) is 1. The van der Waals surface area contributed by atoms with Crippen molar-refractivity contribution in [2.24, 2.45) is 5.73 Å². The zero-order valence-corrected chi connectivity index (χ0v) is 10.2. The summed E-state index contributed by atoms with van der Waals surface area (Å²) in [7, 11) is 0. The summed E-state index contributed by atoms with van der Waals surface area (Å²) < 4.78 is 6.84. The molecule has 0 saturated carbocycles. The van der Waals surface area contributed by atoms with Crippen molar-refractivity contribution in [3.63, 3.8) is 0 Å². The van der Waals surface area contributed by atoms with Crippen molar-refractivity contribution in [1.29, 1.82) is 0 Å². The molecule has 0 fully saturated rings. The summed E-state index contributed by atoms with van der Waals surface area (Å²) in [5, 5.41) is 1.09. The molecule has 0 radical (unpaired) electrons. The molecule has 0 amide bonds. The number of fused-ring (bicyclic) bond motifs is 1. The van der Waals surface area contributed by atoms with E-state index < -0.39 is 0 Å². The van der Waals surface area contributed by atoms with Gasteiger partial charge in [0.2, 0.25) is 0 Å². The van der Waals surface area contributed by atoms with Gasteiger partial charge < -0.3 is 10.5 Å². The Morgan fingerprint density at radius 2 is 2.25 bits per heavy atom. The number of aromatic nitrogens is 1. The number of hydrogen-bond acceptors (Lipinski definition) is 4. The molecule has 1 aromatic carbocycles. The van der Waals surface area contributed by atoms with Crippen LogP contribution in [0.4, 0.5) is 0 Å². The number of nitrogens with two attached hydrogens (primary N) is 1. The Balaban J connectivity index is 2.02. The SMILES string of the molecule is Cc1nc2ccc(OCCCCN)cc2s1. The van der Waals surface area contributed by atoms with Gasteiger partial charge >= 0.3 is 0 Å². The van der Waals surface area contributed by atoms with Crippen LogP contribution in [-0.2, 0) is 0 Å². The minimum absolute atomic E-state index is 0.733. The van der Waals surface area contributed by atoms with Gasteiger partial charge in [0, 0.05) is 0 Å². The van der Waals surface area contributed by atoms with Crippen LogP contribution in [0.5, 0.6) is 5.75 Å². The summed E-state index contributed by atoms with van der Waals surface area (Å²) in [6.07, 6.45) is 2.03. The molecule has 4 heteroatoms. The fraction of sp³-hybridized carbons (Fsp3) is 0.417. The highest BCUT2D eigenvalue weighted by atomic mass is 32.1. The zero-order valence-electron chi connectivity index (χ0n) is 9.40. The van der Waals surface area contributed by atoms with Crippen molar-refractivity contribution in [3.8, 4) is 5.75 Å². The number of benzene rings is 1. The minimum Gasteiger partial charge on any atom is -0.494 e. The fourth-order valence-electron chi connectivity index (χ4n) is 1.55. The van der Waals surface area contributed by atoms with Crippen LogP contribution in [0.15, 0.2) is 18.2 Å². The predicted molar refractivity (Wildman–Crippen MR) is 68.1 cm³/mol. The number of thiazole rings is 1. The van der Waals surface area contributed by atoms with Gasteiger partial charge in [0.15, 0.2) is 0 Å². The Kier molecular flexibility index (Phi) is 3.74. The number of ether oxygens (including phenoxy) is 1. The number of rotatable bonds is 5. The van der Waals surface area contributed by atoms with Gasteiger partial charge in [0.25, 0.3) is 0 Å². The number of aryl methyl sites for hydroxylation is 1. The van der Waals surface area contributed by atoms with E-state index in [1.54, 1.807) is 11.3 Å².